The molecule has 2 fully saturated rings. The number of hydrogen-bond donors (Lipinski definition) is 2. The van der Waals surface area contributed by atoms with Gasteiger partial charge < -0.3 is 14.3 Å². The number of aromatic hydroxyl groups is 1. The van der Waals surface area contributed by atoms with Crippen LogP contribution >= 0.6 is 0 Å². The molecule has 3 heterocycles. The molecule has 0 spiro atoms. The Balaban J connectivity index is 1.31. The highest BCUT2D eigenvalue weighted by Crippen LogP contribution is 2.48. The summed E-state index contributed by atoms with van der Waals surface area (Å²) in [6.07, 6.45) is 9.16. The summed E-state index contributed by atoms with van der Waals surface area (Å²) in [5.41, 5.74) is 0.827. The fourth-order valence-corrected chi connectivity index (χ4v) is 6.33. The van der Waals surface area contributed by atoms with Crippen molar-refractivity contribution in [2.24, 2.45) is 11.8 Å². The molecule has 1 atom stereocenters. The van der Waals surface area contributed by atoms with Gasteiger partial charge in [-0.25, -0.2) is 9.78 Å². The highest BCUT2D eigenvalue weighted by atomic mass is 32.2. The van der Waals surface area contributed by atoms with Crippen molar-refractivity contribution in [2.45, 2.75) is 62.3 Å². The lowest BCUT2D eigenvalue weighted by Gasteiger charge is -2.21. The molecule has 2 aliphatic rings. The Bertz CT molecular complexity index is 1400. The molecule has 2 aromatic heterocycles. The number of benzene rings is 1. The molecule has 1 aliphatic carbocycles. The fraction of sp³-hybridized carbons (Fsp3) is 0.448. The van der Waals surface area contributed by atoms with Crippen molar-refractivity contribution >= 4 is 15.7 Å². The second-order valence-corrected chi connectivity index (χ2v) is 11.9. The molecule has 0 radical (unpaired) electrons. The van der Waals surface area contributed by atoms with E-state index in [2.05, 4.69) is 9.71 Å². The Morgan fingerprint density at radius 2 is 1.84 bits per heavy atom. The van der Waals surface area contributed by atoms with Crippen molar-refractivity contribution in [1.29, 1.82) is 0 Å². The van der Waals surface area contributed by atoms with Gasteiger partial charge in [0.25, 0.3) is 10.0 Å². The largest absolute Gasteiger partial charge is 0.507 e. The van der Waals surface area contributed by atoms with Gasteiger partial charge >= 0.3 is 5.63 Å². The number of anilines is 1. The van der Waals surface area contributed by atoms with E-state index in [1.165, 1.54) is 12.3 Å². The SMILES string of the molecule is O=c1oc(CCCCC2CCOCC2)cc(O)c1C(c1cccc(NS(=O)(=O)c2ccccn2)c1)C1CC1. The first-order chi connectivity index (χ1) is 18.4. The van der Waals surface area contributed by atoms with Crippen molar-refractivity contribution in [3.63, 3.8) is 0 Å². The third kappa shape index (κ3) is 6.45. The first-order valence-corrected chi connectivity index (χ1v) is 14.9. The number of pyridine rings is 1. The van der Waals surface area contributed by atoms with Crippen LogP contribution in [0.2, 0.25) is 0 Å². The highest BCUT2D eigenvalue weighted by Gasteiger charge is 2.37. The molecule has 1 saturated carbocycles. The molecule has 38 heavy (non-hydrogen) atoms. The standard InChI is InChI=1S/C29H34N2O6S/c32-25-19-24(9-2-1-6-20-13-16-36-17-14-20)37-29(33)28(25)27(21-11-12-21)22-7-5-8-23(18-22)31-38(34,35)26-10-3-4-15-30-26/h3-5,7-8,10,15,18-21,27,31-32H,1-2,6,9,11-14,16-17H2. The van der Waals surface area contributed by atoms with E-state index in [1.54, 1.807) is 36.4 Å². The van der Waals surface area contributed by atoms with Gasteiger partial charge in [-0.2, -0.15) is 8.42 Å². The minimum atomic E-state index is -3.86. The van der Waals surface area contributed by atoms with Gasteiger partial charge in [0, 0.05) is 43.5 Å². The number of aryl methyl sites for hydroxylation is 1. The first-order valence-electron chi connectivity index (χ1n) is 13.4. The third-order valence-corrected chi connectivity index (χ3v) is 8.76. The number of hydrogen-bond acceptors (Lipinski definition) is 7. The number of nitrogens with zero attached hydrogens (tertiary/aromatic N) is 1. The zero-order valence-corrected chi connectivity index (χ0v) is 22.2. The number of ether oxygens (including phenoxy) is 1. The van der Waals surface area contributed by atoms with Crippen LogP contribution < -0.4 is 10.3 Å². The summed E-state index contributed by atoms with van der Waals surface area (Å²) >= 11 is 0. The lowest BCUT2D eigenvalue weighted by Crippen LogP contribution is -2.18. The predicted octanol–water partition coefficient (Wildman–Crippen LogP) is 5.22. The Kier molecular flexibility index (Phi) is 8.14. The zero-order chi connectivity index (χ0) is 26.5. The predicted molar refractivity (Wildman–Crippen MR) is 144 cm³/mol. The van der Waals surface area contributed by atoms with Crippen LogP contribution in [0, 0.1) is 11.8 Å². The van der Waals surface area contributed by atoms with Crippen molar-refractivity contribution < 1.29 is 22.7 Å². The van der Waals surface area contributed by atoms with E-state index in [0.717, 1.165) is 63.7 Å². The highest BCUT2D eigenvalue weighted by molar-refractivity contribution is 7.92. The normalized spacial score (nSPS) is 17.3. The Morgan fingerprint density at radius 3 is 2.55 bits per heavy atom. The van der Waals surface area contributed by atoms with Gasteiger partial charge in [0.1, 0.15) is 11.5 Å². The molecule has 1 unspecified atom stereocenters. The molecule has 9 heteroatoms. The van der Waals surface area contributed by atoms with Crippen LogP contribution in [0.15, 0.2) is 69.0 Å². The fourth-order valence-electron chi connectivity index (χ4n) is 5.33. The van der Waals surface area contributed by atoms with Crippen molar-refractivity contribution in [1.82, 2.24) is 4.98 Å². The molecule has 2 N–H and O–H groups in total. The van der Waals surface area contributed by atoms with Gasteiger partial charge in [0.15, 0.2) is 5.03 Å². The summed E-state index contributed by atoms with van der Waals surface area (Å²) < 4.78 is 39.2. The maximum absolute atomic E-state index is 13.1. The summed E-state index contributed by atoms with van der Waals surface area (Å²) in [7, 11) is -3.86. The Labute approximate surface area is 223 Å². The van der Waals surface area contributed by atoms with Gasteiger partial charge in [-0.05, 0) is 73.8 Å². The number of nitrogens with one attached hydrogen (secondary N) is 1. The molecule has 202 valence electrons. The second kappa shape index (κ2) is 11.7. The third-order valence-electron chi connectivity index (χ3n) is 7.46. The van der Waals surface area contributed by atoms with Crippen molar-refractivity contribution in [3.8, 4) is 5.75 Å². The van der Waals surface area contributed by atoms with Crippen LogP contribution in [0.3, 0.4) is 0 Å². The van der Waals surface area contributed by atoms with Crippen LogP contribution in [-0.2, 0) is 21.2 Å². The summed E-state index contributed by atoms with van der Waals surface area (Å²) in [5.74, 6) is 0.937. The van der Waals surface area contributed by atoms with E-state index in [1.807, 2.05) is 6.07 Å². The van der Waals surface area contributed by atoms with Crippen LogP contribution in [-0.4, -0.2) is 31.7 Å². The van der Waals surface area contributed by atoms with Crippen molar-refractivity contribution in [3.05, 3.63) is 82.0 Å². The maximum atomic E-state index is 13.1. The van der Waals surface area contributed by atoms with Crippen LogP contribution in [0.5, 0.6) is 5.75 Å². The van der Waals surface area contributed by atoms with E-state index in [4.69, 9.17) is 9.15 Å². The number of sulfonamides is 1. The molecule has 5 rings (SSSR count). The van der Waals surface area contributed by atoms with Crippen LogP contribution in [0.25, 0.3) is 0 Å². The maximum Gasteiger partial charge on any atom is 0.343 e. The van der Waals surface area contributed by atoms with Crippen LogP contribution in [0.1, 0.15) is 67.8 Å². The van der Waals surface area contributed by atoms with E-state index in [-0.39, 0.29) is 28.2 Å². The Hall–Kier alpha value is -3.17. The second-order valence-electron chi connectivity index (χ2n) is 10.3. The number of rotatable bonds is 11. The molecule has 0 bridgehead atoms. The number of unbranched alkanes of at least 4 members (excludes halogenated alkanes) is 1. The lowest BCUT2D eigenvalue weighted by atomic mass is 9.87. The first kappa shape index (κ1) is 26.4. The molecular formula is C29H34N2O6S. The molecule has 3 aromatic rings. The molecule has 8 nitrogen and oxygen atoms in total. The quantitative estimate of drug-likeness (QED) is 0.321. The zero-order valence-electron chi connectivity index (χ0n) is 21.3. The van der Waals surface area contributed by atoms with Gasteiger partial charge in [0.2, 0.25) is 0 Å². The monoisotopic (exact) mass is 538 g/mol. The topological polar surface area (TPSA) is 119 Å². The van der Waals surface area contributed by atoms with E-state index < -0.39 is 15.6 Å². The summed E-state index contributed by atoms with van der Waals surface area (Å²) in [6.45, 7) is 1.69. The molecular weight excluding hydrogens is 504 g/mol. The summed E-state index contributed by atoms with van der Waals surface area (Å²) in [4.78, 5) is 17.1. The minimum Gasteiger partial charge on any atom is -0.507 e. The lowest BCUT2D eigenvalue weighted by molar-refractivity contribution is 0.0631. The summed E-state index contributed by atoms with van der Waals surface area (Å²) in [6, 6.07) is 13.2. The smallest absolute Gasteiger partial charge is 0.343 e. The van der Waals surface area contributed by atoms with Crippen LogP contribution in [0.4, 0.5) is 5.69 Å². The average molecular weight is 539 g/mol. The van der Waals surface area contributed by atoms with E-state index >= 15 is 0 Å². The van der Waals surface area contributed by atoms with E-state index in [9.17, 15) is 18.3 Å². The van der Waals surface area contributed by atoms with Gasteiger partial charge in [-0.3, -0.25) is 4.72 Å². The summed E-state index contributed by atoms with van der Waals surface area (Å²) in [5, 5.41) is 10.9. The van der Waals surface area contributed by atoms with Gasteiger partial charge in [0.05, 0.1) is 5.56 Å². The molecule has 1 aromatic carbocycles. The Morgan fingerprint density at radius 1 is 1.03 bits per heavy atom. The number of aromatic nitrogens is 1. The average Bonchev–Trinajstić information content (AvgIpc) is 3.75. The van der Waals surface area contributed by atoms with Crippen molar-refractivity contribution in [2.75, 3.05) is 17.9 Å². The van der Waals surface area contributed by atoms with E-state index in [0.29, 0.717) is 23.8 Å². The minimum absolute atomic E-state index is 0.0583. The van der Waals surface area contributed by atoms with Gasteiger partial charge in [-0.1, -0.05) is 31.0 Å². The molecule has 1 aliphatic heterocycles. The molecule has 1 saturated heterocycles. The van der Waals surface area contributed by atoms with Gasteiger partial charge in [-0.15, -0.1) is 0 Å². The molecule has 0 amide bonds.